The first-order chi connectivity index (χ1) is 18.0. The molecule has 3 heterocycles. The molecule has 0 radical (unpaired) electrons. The van der Waals surface area contributed by atoms with Gasteiger partial charge in [-0.2, -0.15) is 0 Å². The molecule has 0 aliphatic carbocycles. The zero-order valence-corrected chi connectivity index (χ0v) is 20.7. The SMILES string of the molecule is Cc1cc(NC=O)nc(C)c1CNc1ncnc(NCc2ccc(Cn3ccccc3=O)cc2)c1C=N. The molecule has 10 nitrogen and oxygen atoms in total. The molecule has 0 fully saturated rings. The average molecular weight is 497 g/mol. The van der Waals surface area contributed by atoms with Crippen molar-refractivity contribution in [1.82, 2.24) is 19.5 Å². The summed E-state index contributed by atoms with van der Waals surface area (Å²) >= 11 is 0. The lowest BCUT2D eigenvalue weighted by molar-refractivity contribution is -0.105. The molecular formula is C27H28N8O2. The zero-order chi connectivity index (χ0) is 26.2. The second-order valence-corrected chi connectivity index (χ2v) is 8.47. The molecule has 37 heavy (non-hydrogen) atoms. The van der Waals surface area contributed by atoms with Crippen molar-refractivity contribution in [3.05, 3.63) is 105 Å². The van der Waals surface area contributed by atoms with E-state index >= 15 is 0 Å². The first kappa shape index (κ1) is 25.2. The second-order valence-electron chi connectivity index (χ2n) is 8.47. The Bertz CT molecular complexity index is 1440. The van der Waals surface area contributed by atoms with Gasteiger partial charge in [0, 0.05) is 37.3 Å². The number of carbonyl (C=O) groups is 1. The summed E-state index contributed by atoms with van der Waals surface area (Å²) < 4.78 is 1.66. The standard InChI is InChI=1S/C27H28N8O2/c1-18-11-24(33-17-36)34-19(2)23(18)14-30-27-22(12-28)26(31-16-32-27)29-13-20-6-8-21(9-7-20)15-35-10-4-3-5-25(35)37/h3-12,16-17,28H,13-15H2,1-2H3,(H,33,34,36)(H2,29,30,31,32). The van der Waals surface area contributed by atoms with Gasteiger partial charge in [0.05, 0.1) is 12.1 Å². The monoisotopic (exact) mass is 496 g/mol. The van der Waals surface area contributed by atoms with Crippen LogP contribution in [-0.2, 0) is 24.4 Å². The minimum atomic E-state index is -0.0332. The third-order valence-electron chi connectivity index (χ3n) is 5.96. The van der Waals surface area contributed by atoms with E-state index < -0.39 is 0 Å². The third kappa shape index (κ3) is 6.23. The minimum Gasteiger partial charge on any atom is -0.365 e. The number of anilines is 3. The molecule has 0 bridgehead atoms. The highest BCUT2D eigenvalue weighted by molar-refractivity contribution is 5.90. The van der Waals surface area contributed by atoms with Crippen LogP contribution in [0.1, 0.15) is 33.5 Å². The normalized spacial score (nSPS) is 10.5. The van der Waals surface area contributed by atoms with E-state index in [1.54, 1.807) is 22.9 Å². The topological polar surface area (TPSA) is 138 Å². The summed E-state index contributed by atoms with van der Waals surface area (Å²) in [5, 5.41) is 17.1. The number of pyridine rings is 2. The van der Waals surface area contributed by atoms with Gasteiger partial charge in [0.25, 0.3) is 5.56 Å². The van der Waals surface area contributed by atoms with Gasteiger partial charge in [-0.1, -0.05) is 30.3 Å². The number of aryl methyl sites for hydroxylation is 2. The molecule has 0 saturated carbocycles. The fourth-order valence-electron chi connectivity index (χ4n) is 3.98. The predicted molar refractivity (Wildman–Crippen MR) is 144 cm³/mol. The van der Waals surface area contributed by atoms with Crippen LogP contribution >= 0.6 is 0 Å². The van der Waals surface area contributed by atoms with Crippen molar-refractivity contribution in [2.45, 2.75) is 33.5 Å². The second kappa shape index (κ2) is 11.7. The van der Waals surface area contributed by atoms with E-state index in [2.05, 4.69) is 30.9 Å². The lowest BCUT2D eigenvalue weighted by Crippen LogP contribution is -2.18. The molecule has 0 aliphatic heterocycles. The van der Waals surface area contributed by atoms with Crippen molar-refractivity contribution < 1.29 is 4.79 Å². The van der Waals surface area contributed by atoms with Gasteiger partial charge >= 0.3 is 0 Å². The molecule has 4 N–H and O–H groups in total. The van der Waals surface area contributed by atoms with Crippen molar-refractivity contribution >= 4 is 30.1 Å². The van der Waals surface area contributed by atoms with Crippen LogP contribution in [0.5, 0.6) is 0 Å². The van der Waals surface area contributed by atoms with Gasteiger partial charge in [0.2, 0.25) is 6.41 Å². The van der Waals surface area contributed by atoms with Crippen LogP contribution in [0.15, 0.2) is 65.8 Å². The van der Waals surface area contributed by atoms with Crippen molar-refractivity contribution in [2.24, 2.45) is 0 Å². The molecule has 0 unspecified atom stereocenters. The van der Waals surface area contributed by atoms with E-state index in [0.717, 1.165) is 27.9 Å². The molecule has 1 amide bonds. The highest BCUT2D eigenvalue weighted by Gasteiger charge is 2.12. The average Bonchev–Trinajstić information content (AvgIpc) is 2.89. The molecule has 0 aliphatic rings. The number of aromatic nitrogens is 4. The summed E-state index contributed by atoms with van der Waals surface area (Å²) in [6.07, 6.45) is 5.05. The summed E-state index contributed by atoms with van der Waals surface area (Å²) in [6, 6.07) is 14.9. The maximum atomic E-state index is 11.9. The van der Waals surface area contributed by atoms with E-state index in [0.29, 0.717) is 49.1 Å². The van der Waals surface area contributed by atoms with Crippen LogP contribution in [0.4, 0.5) is 17.5 Å². The number of amides is 1. The molecule has 1 aromatic carbocycles. The first-order valence-corrected chi connectivity index (χ1v) is 11.7. The number of hydrogen-bond acceptors (Lipinski definition) is 8. The first-order valence-electron chi connectivity index (χ1n) is 11.7. The Kier molecular flexibility index (Phi) is 7.99. The number of nitrogens with one attached hydrogen (secondary N) is 4. The van der Waals surface area contributed by atoms with Gasteiger partial charge in [0.1, 0.15) is 23.8 Å². The number of hydrogen-bond donors (Lipinski definition) is 4. The number of benzene rings is 1. The van der Waals surface area contributed by atoms with E-state index in [9.17, 15) is 9.59 Å². The van der Waals surface area contributed by atoms with E-state index in [1.165, 1.54) is 12.5 Å². The zero-order valence-electron chi connectivity index (χ0n) is 20.7. The van der Waals surface area contributed by atoms with Crippen LogP contribution in [0.2, 0.25) is 0 Å². The van der Waals surface area contributed by atoms with Crippen LogP contribution < -0.4 is 21.5 Å². The fraction of sp³-hybridized carbons (Fsp3) is 0.185. The molecule has 3 aromatic heterocycles. The molecular weight excluding hydrogens is 468 g/mol. The molecule has 0 spiro atoms. The van der Waals surface area contributed by atoms with E-state index in [4.69, 9.17) is 5.41 Å². The summed E-state index contributed by atoms with van der Waals surface area (Å²) in [6.45, 7) is 5.31. The Hall–Kier alpha value is -4.86. The molecule has 0 atom stereocenters. The summed E-state index contributed by atoms with van der Waals surface area (Å²) in [4.78, 5) is 35.7. The summed E-state index contributed by atoms with van der Waals surface area (Å²) in [7, 11) is 0. The Morgan fingerprint density at radius 2 is 1.68 bits per heavy atom. The van der Waals surface area contributed by atoms with Crippen LogP contribution in [0.3, 0.4) is 0 Å². The van der Waals surface area contributed by atoms with E-state index in [1.807, 2.05) is 50.2 Å². The third-order valence-corrected chi connectivity index (χ3v) is 5.96. The van der Waals surface area contributed by atoms with Gasteiger partial charge in [-0.15, -0.1) is 0 Å². The van der Waals surface area contributed by atoms with Gasteiger partial charge in [-0.3, -0.25) is 9.59 Å². The summed E-state index contributed by atoms with van der Waals surface area (Å²) in [5.74, 6) is 1.58. The Morgan fingerprint density at radius 3 is 2.32 bits per heavy atom. The lowest BCUT2D eigenvalue weighted by Gasteiger charge is -2.15. The van der Waals surface area contributed by atoms with Gasteiger partial charge in [0.15, 0.2) is 0 Å². The van der Waals surface area contributed by atoms with Crippen LogP contribution in [0.25, 0.3) is 0 Å². The fourth-order valence-corrected chi connectivity index (χ4v) is 3.98. The Morgan fingerprint density at radius 1 is 0.973 bits per heavy atom. The Balaban J connectivity index is 1.42. The van der Waals surface area contributed by atoms with Crippen LogP contribution in [-0.4, -0.2) is 32.1 Å². The van der Waals surface area contributed by atoms with Gasteiger partial charge < -0.3 is 25.9 Å². The van der Waals surface area contributed by atoms with Gasteiger partial charge in [-0.05, 0) is 48.2 Å². The van der Waals surface area contributed by atoms with Crippen molar-refractivity contribution in [3.63, 3.8) is 0 Å². The molecule has 10 heteroatoms. The smallest absolute Gasteiger partial charge is 0.250 e. The van der Waals surface area contributed by atoms with Gasteiger partial charge in [-0.25, -0.2) is 15.0 Å². The van der Waals surface area contributed by atoms with E-state index in [-0.39, 0.29) is 5.56 Å². The summed E-state index contributed by atoms with van der Waals surface area (Å²) in [5.41, 5.74) is 5.34. The minimum absolute atomic E-state index is 0.0332. The highest BCUT2D eigenvalue weighted by Crippen LogP contribution is 2.22. The quantitative estimate of drug-likeness (QED) is 0.184. The molecule has 0 saturated heterocycles. The van der Waals surface area contributed by atoms with Crippen molar-refractivity contribution in [2.75, 3.05) is 16.0 Å². The highest BCUT2D eigenvalue weighted by atomic mass is 16.1. The van der Waals surface area contributed by atoms with Crippen molar-refractivity contribution in [3.8, 4) is 0 Å². The number of nitrogens with zero attached hydrogens (tertiary/aromatic N) is 4. The maximum Gasteiger partial charge on any atom is 0.250 e. The molecule has 188 valence electrons. The number of carbonyl (C=O) groups excluding carboxylic acids is 1. The molecule has 4 aromatic rings. The largest absolute Gasteiger partial charge is 0.365 e. The Labute approximate surface area is 214 Å². The van der Waals surface area contributed by atoms with Crippen LogP contribution in [0, 0.1) is 19.3 Å². The maximum absolute atomic E-state index is 11.9. The predicted octanol–water partition coefficient (Wildman–Crippen LogP) is 3.49. The molecule has 4 rings (SSSR count). The lowest BCUT2D eigenvalue weighted by atomic mass is 10.1. The van der Waals surface area contributed by atoms with Crippen molar-refractivity contribution in [1.29, 1.82) is 5.41 Å². The number of rotatable bonds is 11.